The van der Waals surface area contributed by atoms with Crippen LogP contribution in [0.25, 0.3) is 0 Å². The number of carbonyl (C=O) groups is 2. The van der Waals surface area contributed by atoms with Gasteiger partial charge in [-0.05, 0) is 40.2 Å². The number of amides is 2. The summed E-state index contributed by atoms with van der Waals surface area (Å²) in [4.78, 5) is 26.3. The maximum absolute atomic E-state index is 12.0. The third kappa shape index (κ3) is 4.34. The molecule has 0 fully saturated rings. The van der Waals surface area contributed by atoms with Crippen molar-refractivity contribution in [2.24, 2.45) is 0 Å². The number of benzene rings is 1. The molecule has 2 aromatic rings. The van der Waals surface area contributed by atoms with E-state index in [1.807, 2.05) is 0 Å². The van der Waals surface area contributed by atoms with Crippen molar-refractivity contribution in [1.82, 2.24) is 15.8 Å². The van der Waals surface area contributed by atoms with E-state index in [2.05, 4.69) is 31.8 Å². The van der Waals surface area contributed by atoms with Crippen LogP contribution in [0.4, 0.5) is 0 Å². The van der Waals surface area contributed by atoms with E-state index in [9.17, 15) is 18.0 Å². The van der Waals surface area contributed by atoms with Gasteiger partial charge < -0.3 is 4.98 Å². The lowest BCUT2D eigenvalue weighted by Crippen LogP contribution is -2.41. The smallest absolute Gasteiger partial charge is 0.286 e. The average molecular weight is 421 g/mol. The number of rotatable bonds is 3. The van der Waals surface area contributed by atoms with Gasteiger partial charge in [0.25, 0.3) is 11.8 Å². The van der Waals surface area contributed by atoms with Crippen LogP contribution >= 0.6 is 27.5 Å². The highest BCUT2D eigenvalue weighted by atomic mass is 79.9. The van der Waals surface area contributed by atoms with Gasteiger partial charge in [0, 0.05) is 22.5 Å². The van der Waals surface area contributed by atoms with E-state index in [-0.39, 0.29) is 21.2 Å². The van der Waals surface area contributed by atoms with Crippen molar-refractivity contribution >= 4 is 49.2 Å². The normalized spacial score (nSPS) is 11.1. The quantitative estimate of drug-likeness (QED) is 0.659. The molecule has 0 spiro atoms. The number of carbonyl (C=O) groups excluding carboxylic acids is 2. The zero-order valence-corrected chi connectivity index (χ0v) is 14.8. The molecule has 1 heterocycles. The molecular formula is C13H11BrClN3O4S. The van der Waals surface area contributed by atoms with Gasteiger partial charge in [-0.1, -0.05) is 11.6 Å². The van der Waals surface area contributed by atoms with E-state index < -0.39 is 21.7 Å². The van der Waals surface area contributed by atoms with Crippen LogP contribution in [-0.2, 0) is 9.84 Å². The maximum atomic E-state index is 12.0. The molecule has 0 aliphatic rings. The molecule has 7 nitrogen and oxygen atoms in total. The number of hydrogen-bond donors (Lipinski definition) is 3. The van der Waals surface area contributed by atoms with Crippen molar-refractivity contribution in [3.63, 3.8) is 0 Å². The zero-order chi connectivity index (χ0) is 17.2. The first kappa shape index (κ1) is 17.5. The number of sulfone groups is 1. The maximum Gasteiger partial charge on any atom is 0.286 e. The second-order valence-corrected chi connectivity index (χ2v) is 7.86. The lowest BCUT2D eigenvalue weighted by molar-refractivity contribution is 0.0844. The molecule has 1 aromatic heterocycles. The second kappa shape index (κ2) is 6.73. The van der Waals surface area contributed by atoms with Crippen molar-refractivity contribution < 1.29 is 18.0 Å². The minimum Gasteiger partial charge on any atom is -0.356 e. The molecule has 0 unspecified atom stereocenters. The summed E-state index contributed by atoms with van der Waals surface area (Å²) in [6, 6.07) is 5.33. The summed E-state index contributed by atoms with van der Waals surface area (Å²) in [6.07, 6.45) is 2.55. The number of H-pyrrole nitrogens is 1. The lowest BCUT2D eigenvalue weighted by Gasteiger charge is -2.08. The zero-order valence-electron chi connectivity index (χ0n) is 11.7. The number of hydrogen-bond acceptors (Lipinski definition) is 4. The fourth-order valence-corrected chi connectivity index (χ4v) is 3.33. The average Bonchev–Trinajstić information content (AvgIpc) is 2.90. The first-order chi connectivity index (χ1) is 10.7. The Hall–Kier alpha value is -1.84. The van der Waals surface area contributed by atoms with Crippen LogP contribution in [0.2, 0.25) is 5.02 Å². The van der Waals surface area contributed by atoms with E-state index in [0.29, 0.717) is 4.47 Å². The van der Waals surface area contributed by atoms with Crippen molar-refractivity contribution in [3.8, 4) is 0 Å². The summed E-state index contributed by atoms with van der Waals surface area (Å²) in [5.41, 5.74) is 4.69. The Balaban J connectivity index is 2.11. The third-order valence-corrected chi connectivity index (χ3v) is 4.81. The van der Waals surface area contributed by atoms with Crippen LogP contribution in [0.5, 0.6) is 0 Å². The fraction of sp³-hybridized carbons (Fsp3) is 0.0769. The van der Waals surface area contributed by atoms with Gasteiger partial charge in [0.2, 0.25) is 0 Å². The molecule has 23 heavy (non-hydrogen) atoms. The van der Waals surface area contributed by atoms with E-state index >= 15 is 0 Å². The fourth-order valence-electron chi connectivity index (χ4n) is 1.68. The van der Waals surface area contributed by atoms with Crippen molar-refractivity contribution in [2.45, 2.75) is 4.90 Å². The lowest BCUT2D eigenvalue weighted by atomic mass is 10.2. The number of halogens is 2. The molecule has 2 rings (SSSR count). The molecule has 0 aliphatic heterocycles. The molecule has 0 saturated heterocycles. The summed E-state index contributed by atoms with van der Waals surface area (Å²) < 4.78 is 23.9. The predicted molar refractivity (Wildman–Crippen MR) is 88.0 cm³/mol. The van der Waals surface area contributed by atoms with Crippen LogP contribution in [0.1, 0.15) is 20.8 Å². The standard InChI is InChI=1S/C13H11BrClN3O4S/c1-23(21,22)11-4-7(2-3-9(11)15)12(19)17-18-13(20)10-5-8(14)6-16-10/h2-6,16H,1H3,(H,17,19)(H,18,20). The van der Waals surface area contributed by atoms with Crippen molar-refractivity contribution in [1.29, 1.82) is 0 Å². The highest BCUT2D eigenvalue weighted by molar-refractivity contribution is 9.10. The first-order valence-corrected chi connectivity index (χ1v) is 9.19. The summed E-state index contributed by atoms with van der Waals surface area (Å²) in [7, 11) is -3.57. The minimum absolute atomic E-state index is 0.0179. The monoisotopic (exact) mass is 419 g/mol. The predicted octanol–water partition coefficient (Wildman–Crippen LogP) is 1.91. The van der Waals surface area contributed by atoms with Gasteiger partial charge in [-0.25, -0.2) is 8.42 Å². The molecule has 10 heteroatoms. The van der Waals surface area contributed by atoms with Crippen molar-refractivity contribution in [2.75, 3.05) is 6.26 Å². The van der Waals surface area contributed by atoms with Gasteiger partial charge in [0.05, 0.1) is 9.92 Å². The summed E-state index contributed by atoms with van der Waals surface area (Å²) in [6.45, 7) is 0. The van der Waals surface area contributed by atoms with Crippen LogP contribution in [-0.4, -0.2) is 31.5 Å². The van der Waals surface area contributed by atoms with Crippen LogP contribution in [0.3, 0.4) is 0 Å². The van der Waals surface area contributed by atoms with E-state index in [4.69, 9.17) is 11.6 Å². The van der Waals surface area contributed by atoms with Gasteiger partial charge in [-0.3, -0.25) is 20.4 Å². The molecule has 0 radical (unpaired) electrons. The van der Waals surface area contributed by atoms with Crippen molar-refractivity contribution in [3.05, 3.63) is 51.2 Å². The van der Waals surface area contributed by atoms with Gasteiger partial charge in [-0.2, -0.15) is 0 Å². The Morgan fingerprint density at radius 1 is 1.17 bits per heavy atom. The van der Waals surface area contributed by atoms with E-state index in [1.54, 1.807) is 6.20 Å². The van der Waals surface area contributed by atoms with Crippen LogP contribution in [0, 0.1) is 0 Å². The molecule has 2 amide bonds. The third-order valence-electron chi connectivity index (χ3n) is 2.77. The first-order valence-electron chi connectivity index (χ1n) is 6.12. The molecule has 122 valence electrons. The highest BCUT2D eigenvalue weighted by Gasteiger charge is 2.16. The Morgan fingerprint density at radius 2 is 1.83 bits per heavy atom. The Morgan fingerprint density at radius 3 is 2.39 bits per heavy atom. The Bertz CT molecular complexity index is 879. The summed E-state index contributed by atoms with van der Waals surface area (Å²) in [5, 5.41) is 0.0179. The van der Waals surface area contributed by atoms with E-state index in [0.717, 1.165) is 12.3 Å². The van der Waals surface area contributed by atoms with E-state index in [1.165, 1.54) is 18.2 Å². The number of hydrazine groups is 1. The van der Waals surface area contributed by atoms with Gasteiger partial charge in [-0.15, -0.1) is 0 Å². The van der Waals surface area contributed by atoms with Gasteiger partial charge in [0.15, 0.2) is 9.84 Å². The minimum atomic E-state index is -3.57. The summed E-state index contributed by atoms with van der Waals surface area (Å²) >= 11 is 8.99. The molecule has 3 N–H and O–H groups in total. The molecule has 0 saturated carbocycles. The molecule has 1 aromatic carbocycles. The highest BCUT2D eigenvalue weighted by Crippen LogP contribution is 2.22. The van der Waals surface area contributed by atoms with Crippen LogP contribution < -0.4 is 10.9 Å². The van der Waals surface area contributed by atoms with Gasteiger partial charge >= 0.3 is 0 Å². The number of aromatic nitrogens is 1. The Kier molecular flexibility index (Phi) is 5.12. The largest absolute Gasteiger partial charge is 0.356 e. The second-order valence-electron chi connectivity index (χ2n) is 4.56. The Labute approximate surface area is 145 Å². The molecule has 0 bridgehead atoms. The number of nitrogens with one attached hydrogen (secondary N) is 3. The summed E-state index contributed by atoms with van der Waals surface area (Å²) in [5.74, 6) is -1.23. The van der Waals surface area contributed by atoms with Gasteiger partial charge in [0.1, 0.15) is 5.69 Å². The SMILES string of the molecule is CS(=O)(=O)c1cc(C(=O)NNC(=O)c2cc(Br)c[nH]2)ccc1Cl. The molecule has 0 aliphatic carbocycles. The topological polar surface area (TPSA) is 108 Å². The molecule has 0 atom stereocenters. The molecular weight excluding hydrogens is 410 g/mol. The number of aromatic amines is 1. The van der Waals surface area contributed by atoms with Crippen LogP contribution in [0.15, 0.2) is 39.8 Å².